The molecule has 1 heterocycles. The van der Waals surface area contributed by atoms with Crippen molar-refractivity contribution in [1.29, 1.82) is 0 Å². The Bertz CT molecular complexity index is 1830. The number of aliphatic hydroxyl groups excluding tert-OH is 2. The zero-order valence-electron chi connectivity index (χ0n) is 35.8. The van der Waals surface area contributed by atoms with Crippen LogP contribution in [0.25, 0.3) is 0 Å². The van der Waals surface area contributed by atoms with E-state index in [1.807, 2.05) is 0 Å². The number of aliphatic hydroxyl groups is 2. The first kappa shape index (κ1) is 55.6. The Morgan fingerprint density at radius 3 is 1.74 bits per heavy atom. The number of hydrogen-bond acceptors (Lipinski definition) is 16. The van der Waals surface area contributed by atoms with E-state index in [9.17, 15) is 63.3 Å². The summed E-state index contributed by atoms with van der Waals surface area (Å²) in [4.78, 5) is 131. The summed E-state index contributed by atoms with van der Waals surface area (Å²) in [5.74, 6) is -10.0. The fraction of sp³-hybridized carbons (Fsp3) is 0.590. The van der Waals surface area contributed by atoms with Crippen LogP contribution in [-0.4, -0.2) is 172 Å². The number of carbonyl (C=O) groups is 10. The molecular formula is C39H61N11O13S2. The number of rotatable bonds is 28. The van der Waals surface area contributed by atoms with Crippen molar-refractivity contribution in [2.45, 2.75) is 106 Å². The van der Waals surface area contributed by atoms with Gasteiger partial charge in [-0.2, -0.15) is 25.3 Å². The maximum atomic E-state index is 13.6. The lowest BCUT2D eigenvalue weighted by molar-refractivity contribution is -0.141. The predicted octanol–water partition coefficient (Wildman–Crippen LogP) is -6.11. The van der Waals surface area contributed by atoms with Gasteiger partial charge in [-0.05, 0) is 51.1 Å². The fourth-order valence-corrected chi connectivity index (χ4v) is 6.84. The van der Waals surface area contributed by atoms with E-state index in [1.54, 1.807) is 30.3 Å². The number of amides is 9. The third-order valence-corrected chi connectivity index (χ3v) is 10.8. The van der Waals surface area contributed by atoms with Crippen molar-refractivity contribution in [3.8, 4) is 0 Å². The highest BCUT2D eigenvalue weighted by atomic mass is 32.1. The van der Waals surface area contributed by atoms with Gasteiger partial charge in [-0.3, -0.25) is 43.2 Å². The number of nitrogens with two attached hydrogens (primary N) is 3. The van der Waals surface area contributed by atoms with Gasteiger partial charge in [-0.25, -0.2) is 4.79 Å². The zero-order valence-corrected chi connectivity index (χ0v) is 37.6. The first-order valence-electron chi connectivity index (χ1n) is 20.7. The molecule has 1 aliphatic rings. The summed E-state index contributed by atoms with van der Waals surface area (Å²) in [5, 5.41) is 45.9. The molecule has 2 rings (SSSR count). The van der Waals surface area contributed by atoms with E-state index in [1.165, 1.54) is 11.8 Å². The van der Waals surface area contributed by atoms with Crippen molar-refractivity contribution < 1.29 is 63.3 Å². The number of benzene rings is 1. The average Bonchev–Trinajstić information content (AvgIpc) is 3.78. The fourth-order valence-electron chi connectivity index (χ4n) is 6.43. The standard InChI is InChI=1S/C39H61N11O13S2/c1-20(43-37(60)29-11-7-13-50(29)38(61)22(41)18-64)31(54)45-25(15-30(42)53)34(57)44-23(10-5-6-12-40)32(55)47-27(17-52)36(59)48-26(16-51)35(58)46-24(14-21-8-3-2-4-9-21)33(56)49-28(19-65)39(62)63/h2-4,8-9,20,22-29,51-52,64-65H,5-7,10-19,40-41H2,1H3,(H2,42,53)(H,43,60)(H,44,57)(H,45,54)(H,46,58)(H,47,55)(H,48,59)(H,49,56)(H,62,63)/t20-,22-,23-,24-,25-,26-,27-,28-,29-/m0/s1. The van der Waals surface area contributed by atoms with Crippen LogP contribution in [0.5, 0.6) is 0 Å². The number of nitrogens with one attached hydrogen (secondary N) is 7. The monoisotopic (exact) mass is 955 g/mol. The van der Waals surface area contributed by atoms with E-state index < -0.39 is 133 Å². The summed E-state index contributed by atoms with van der Waals surface area (Å²) in [6.45, 7) is -0.343. The van der Waals surface area contributed by atoms with Gasteiger partial charge in [-0.1, -0.05) is 30.3 Å². The molecule has 1 saturated heterocycles. The molecule has 9 atom stereocenters. The van der Waals surface area contributed by atoms with Crippen LogP contribution in [0.2, 0.25) is 0 Å². The van der Waals surface area contributed by atoms with Gasteiger partial charge < -0.3 is 74.6 Å². The molecule has 0 unspecified atom stereocenters. The minimum atomic E-state index is -1.79. The second-order valence-electron chi connectivity index (χ2n) is 15.1. The highest BCUT2D eigenvalue weighted by Crippen LogP contribution is 2.19. The molecule has 0 saturated carbocycles. The summed E-state index contributed by atoms with van der Waals surface area (Å²) in [6, 6.07) is -4.39. The van der Waals surface area contributed by atoms with E-state index in [2.05, 4.69) is 62.5 Å². The normalized spacial score (nSPS) is 17.0. The number of carbonyl (C=O) groups excluding carboxylic acids is 9. The van der Waals surface area contributed by atoms with Crippen LogP contribution in [0.4, 0.5) is 0 Å². The molecule has 26 heteroatoms. The van der Waals surface area contributed by atoms with Crippen LogP contribution in [0.15, 0.2) is 30.3 Å². The quantitative estimate of drug-likeness (QED) is 0.0275. The first-order chi connectivity index (χ1) is 30.8. The summed E-state index contributed by atoms with van der Waals surface area (Å²) in [6.07, 6.45) is 0.423. The van der Waals surface area contributed by atoms with Gasteiger partial charge in [0.05, 0.1) is 25.7 Å². The lowest BCUT2D eigenvalue weighted by Crippen LogP contribution is -2.61. The maximum Gasteiger partial charge on any atom is 0.327 e. The summed E-state index contributed by atoms with van der Waals surface area (Å²) < 4.78 is 0. The molecule has 1 aromatic carbocycles. The van der Waals surface area contributed by atoms with Gasteiger partial charge >= 0.3 is 5.97 Å². The van der Waals surface area contributed by atoms with Crippen molar-refractivity contribution in [3.05, 3.63) is 35.9 Å². The highest BCUT2D eigenvalue weighted by Gasteiger charge is 2.38. The second kappa shape index (κ2) is 28.4. The second-order valence-corrected chi connectivity index (χ2v) is 15.8. The molecule has 65 heavy (non-hydrogen) atoms. The molecule has 24 nitrogen and oxygen atoms in total. The Labute approximate surface area is 385 Å². The molecule has 1 aliphatic heterocycles. The van der Waals surface area contributed by atoms with Crippen LogP contribution < -0.4 is 54.4 Å². The van der Waals surface area contributed by atoms with Crippen LogP contribution >= 0.6 is 25.3 Å². The zero-order chi connectivity index (χ0) is 48.8. The van der Waals surface area contributed by atoms with Crippen LogP contribution in [0.1, 0.15) is 51.0 Å². The van der Waals surface area contributed by atoms with E-state index in [4.69, 9.17) is 17.2 Å². The number of unbranched alkanes of at least 4 members (excludes halogenated alkanes) is 1. The molecule has 1 fully saturated rings. The molecule has 0 bridgehead atoms. The van der Waals surface area contributed by atoms with E-state index in [-0.39, 0.29) is 43.9 Å². The van der Waals surface area contributed by atoms with Gasteiger partial charge in [0.15, 0.2) is 0 Å². The van der Waals surface area contributed by atoms with Gasteiger partial charge in [-0.15, -0.1) is 0 Å². The maximum absolute atomic E-state index is 13.6. The van der Waals surface area contributed by atoms with Crippen molar-refractivity contribution in [1.82, 2.24) is 42.1 Å². The average molecular weight is 956 g/mol. The minimum Gasteiger partial charge on any atom is -0.480 e. The van der Waals surface area contributed by atoms with Gasteiger partial charge in [0.2, 0.25) is 53.2 Å². The Morgan fingerprint density at radius 2 is 1.22 bits per heavy atom. The Balaban J connectivity index is 2.19. The molecule has 0 spiro atoms. The number of aliphatic carboxylic acids is 1. The SMILES string of the molecule is C[C@H](NC(=O)[C@@H]1CCCN1C(=O)[C@@H](N)CS)C(=O)N[C@@H](CC(N)=O)C(=O)N[C@@H](CCCCN)C(=O)N[C@@H](CO)C(=O)N[C@@H](CO)C(=O)N[C@@H](Cc1ccccc1)C(=O)N[C@@H](CS)C(=O)O. The number of nitrogens with zero attached hydrogens (tertiary/aromatic N) is 1. The largest absolute Gasteiger partial charge is 0.480 e. The molecule has 1 aromatic rings. The number of primary amides is 1. The predicted molar refractivity (Wildman–Crippen MR) is 238 cm³/mol. The molecule has 0 radical (unpaired) electrons. The van der Waals surface area contributed by atoms with Crippen LogP contribution in [-0.2, 0) is 54.4 Å². The number of likely N-dealkylation sites (tertiary alicyclic amines) is 1. The molecular weight excluding hydrogens is 895 g/mol. The van der Waals surface area contributed by atoms with Gasteiger partial charge in [0, 0.05) is 24.5 Å². The van der Waals surface area contributed by atoms with Gasteiger partial charge in [0.25, 0.3) is 0 Å². The third-order valence-electron chi connectivity index (χ3n) is 10.1. The highest BCUT2D eigenvalue weighted by molar-refractivity contribution is 7.80. The topological polar surface area (TPSA) is 397 Å². The number of hydrogen-bond donors (Lipinski definition) is 15. The van der Waals surface area contributed by atoms with Crippen molar-refractivity contribution in [3.63, 3.8) is 0 Å². The Morgan fingerprint density at radius 1 is 0.708 bits per heavy atom. The Kier molecular flexibility index (Phi) is 24.3. The van der Waals surface area contributed by atoms with Crippen molar-refractivity contribution >= 4 is 84.4 Å². The number of thiol groups is 2. The first-order valence-corrected chi connectivity index (χ1v) is 22.0. The molecule has 362 valence electrons. The summed E-state index contributed by atoms with van der Waals surface area (Å²) in [7, 11) is 0. The molecule has 9 amide bonds. The molecule has 16 N–H and O–H groups in total. The van der Waals surface area contributed by atoms with Crippen LogP contribution in [0, 0.1) is 0 Å². The lowest BCUT2D eigenvalue weighted by atomic mass is 10.0. The summed E-state index contributed by atoms with van der Waals surface area (Å²) >= 11 is 7.96. The number of carboxylic acid groups (broad SMARTS) is 1. The minimum absolute atomic E-state index is 0.0442. The summed E-state index contributed by atoms with van der Waals surface area (Å²) in [5.41, 5.74) is 17.3. The molecule has 0 aliphatic carbocycles. The van der Waals surface area contributed by atoms with Crippen molar-refractivity contribution in [2.75, 3.05) is 37.8 Å². The van der Waals surface area contributed by atoms with Gasteiger partial charge in [0.1, 0.15) is 48.3 Å². The van der Waals surface area contributed by atoms with E-state index in [0.717, 1.165) is 0 Å². The van der Waals surface area contributed by atoms with Crippen LogP contribution in [0.3, 0.4) is 0 Å². The number of carboxylic acids is 1. The molecule has 0 aromatic heterocycles. The smallest absolute Gasteiger partial charge is 0.327 e. The van der Waals surface area contributed by atoms with Crippen molar-refractivity contribution in [2.24, 2.45) is 17.2 Å². The Hall–Kier alpha value is -5.54. The third kappa shape index (κ3) is 18.1. The van der Waals surface area contributed by atoms with E-state index in [0.29, 0.717) is 24.8 Å². The lowest BCUT2D eigenvalue weighted by Gasteiger charge is -2.28. The van der Waals surface area contributed by atoms with E-state index >= 15 is 0 Å².